The molecule has 6 nitrogen and oxygen atoms in total. The lowest BCUT2D eigenvalue weighted by Crippen LogP contribution is -2.09. The molecule has 0 bridgehead atoms. The third-order valence-corrected chi connectivity index (χ3v) is 2.63. The summed E-state index contributed by atoms with van der Waals surface area (Å²) in [6.45, 7) is 1.27. The lowest BCUT2D eigenvalue weighted by Gasteiger charge is -2.08. The Balaban J connectivity index is 2.83. The van der Waals surface area contributed by atoms with E-state index in [1.54, 1.807) is 12.1 Å². The summed E-state index contributed by atoms with van der Waals surface area (Å²) in [7, 11) is 0. The summed E-state index contributed by atoms with van der Waals surface area (Å²) >= 11 is 5.96. The Kier molecular flexibility index (Phi) is 3.12. The van der Waals surface area contributed by atoms with E-state index in [1.165, 1.54) is 19.2 Å². The van der Waals surface area contributed by atoms with Gasteiger partial charge in [-0.1, -0.05) is 11.6 Å². The molecule has 1 N–H and O–H groups in total. The molecule has 0 aliphatic heterocycles. The summed E-state index contributed by atoms with van der Waals surface area (Å²) in [5, 5.41) is 14.2. The Morgan fingerprint density at radius 1 is 1.56 bits per heavy atom. The summed E-state index contributed by atoms with van der Waals surface area (Å²) in [5.74, 6) is -0.410. The van der Waals surface area contributed by atoms with E-state index in [1.807, 2.05) is 0 Å². The molecule has 0 unspecified atom stereocenters. The topological polar surface area (TPSA) is 85.1 Å². The number of nitrogens with one attached hydrogen (secondary N) is 1. The second-order valence-electron chi connectivity index (χ2n) is 3.59. The van der Waals surface area contributed by atoms with Gasteiger partial charge in [0.05, 0.1) is 9.95 Å². The van der Waals surface area contributed by atoms with Crippen LogP contribution in [0, 0.1) is 10.1 Å². The fourth-order valence-electron chi connectivity index (χ4n) is 1.63. The Labute approximate surface area is 107 Å². The molecule has 0 fully saturated rings. The number of rotatable bonds is 2. The number of amides is 1. The highest BCUT2D eigenvalue weighted by molar-refractivity contribution is 6.36. The molecule has 0 spiro atoms. The summed E-state index contributed by atoms with van der Waals surface area (Å²) < 4.78 is 0. The van der Waals surface area contributed by atoms with Crippen molar-refractivity contribution in [3.63, 3.8) is 0 Å². The first kappa shape index (κ1) is 12.3. The van der Waals surface area contributed by atoms with Crippen molar-refractivity contribution in [3.8, 4) is 0 Å². The minimum atomic E-state index is -0.606. The van der Waals surface area contributed by atoms with Crippen LogP contribution in [0.4, 0.5) is 11.4 Å². The number of hydrogen-bond acceptors (Lipinski definition) is 4. The zero-order valence-corrected chi connectivity index (χ0v) is 10.1. The van der Waals surface area contributed by atoms with Crippen molar-refractivity contribution in [2.75, 3.05) is 5.32 Å². The second-order valence-corrected chi connectivity index (χ2v) is 4.00. The average molecular weight is 266 g/mol. The van der Waals surface area contributed by atoms with Crippen LogP contribution in [0.15, 0.2) is 24.4 Å². The fourth-order valence-corrected chi connectivity index (χ4v) is 1.89. The number of anilines is 1. The third-order valence-electron chi connectivity index (χ3n) is 2.32. The SMILES string of the molecule is CC(=O)Nc1c([N+](=O)[O-])cc(Cl)c2cccnc12. The van der Waals surface area contributed by atoms with Gasteiger partial charge in [-0.05, 0) is 12.1 Å². The van der Waals surface area contributed by atoms with Gasteiger partial charge in [-0.3, -0.25) is 19.9 Å². The van der Waals surface area contributed by atoms with E-state index in [9.17, 15) is 14.9 Å². The number of aromatic nitrogens is 1. The molecule has 18 heavy (non-hydrogen) atoms. The van der Waals surface area contributed by atoms with Gasteiger partial charge in [-0.15, -0.1) is 0 Å². The molecule has 0 atom stereocenters. The Hall–Kier alpha value is -2.21. The van der Waals surface area contributed by atoms with Crippen LogP contribution in [-0.4, -0.2) is 15.8 Å². The molecule has 7 heteroatoms. The van der Waals surface area contributed by atoms with Crippen LogP contribution < -0.4 is 5.32 Å². The first-order valence-electron chi connectivity index (χ1n) is 5.00. The Morgan fingerprint density at radius 2 is 2.28 bits per heavy atom. The molecule has 0 saturated heterocycles. The highest BCUT2D eigenvalue weighted by atomic mass is 35.5. The van der Waals surface area contributed by atoms with Gasteiger partial charge >= 0.3 is 0 Å². The lowest BCUT2D eigenvalue weighted by molar-refractivity contribution is -0.383. The second kappa shape index (κ2) is 4.58. The maximum absolute atomic E-state index is 11.1. The maximum Gasteiger partial charge on any atom is 0.296 e. The third kappa shape index (κ3) is 2.10. The standard InChI is InChI=1S/C11H8ClN3O3/c1-6(16)14-11-9(15(17)18)5-8(12)7-3-2-4-13-10(7)11/h2-5H,1H3,(H,14,16). The molecule has 2 aromatic rings. The number of carbonyl (C=O) groups is 1. The molecule has 1 heterocycles. The molecule has 0 radical (unpaired) electrons. The summed E-state index contributed by atoms with van der Waals surface area (Å²) in [5.41, 5.74) is 0.0841. The van der Waals surface area contributed by atoms with Crippen LogP contribution in [0.2, 0.25) is 5.02 Å². The summed E-state index contributed by atoms with van der Waals surface area (Å²) in [4.78, 5) is 25.5. The van der Waals surface area contributed by atoms with Gasteiger partial charge in [-0.2, -0.15) is 0 Å². The number of nitro benzene ring substituents is 1. The van der Waals surface area contributed by atoms with E-state index in [-0.39, 0.29) is 16.4 Å². The van der Waals surface area contributed by atoms with Gasteiger partial charge in [0.1, 0.15) is 11.2 Å². The van der Waals surface area contributed by atoms with Gasteiger partial charge < -0.3 is 5.32 Å². The van der Waals surface area contributed by atoms with Gasteiger partial charge in [0.15, 0.2) is 0 Å². The molecule has 0 saturated carbocycles. The number of halogens is 1. The Morgan fingerprint density at radius 3 is 2.89 bits per heavy atom. The van der Waals surface area contributed by atoms with Gasteiger partial charge in [0, 0.05) is 24.6 Å². The number of pyridine rings is 1. The van der Waals surface area contributed by atoms with Crippen LogP contribution in [0.1, 0.15) is 6.92 Å². The van der Waals surface area contributed by atoms with Crippen molar-refractivity contribution >= 4 is 39.8 Å². The van der Waals surface area contributed by atoms with Crippen LogP contribution in [-0.2, 0) is 4.79 Å². The predicted octanol–water partition coefficient (Wildman–Crippen LogP) is 2.75. The van der Waals surface area contributed by atoms with Crippen molar-refractivity contribution in [1.82, 2.24) is 4.98 Å². The minimum absolute atomic E-state index is 0.0625. The molecule has 0 aliphatic carbocycles. The molecule has 1 amide bonds. The van der Waals surface area contributed by atoms with Gasteiger partial charge in [0.2, 0.25) is 5.91 Å². The highest BCUT2D eigenvalue weighted by Gasteiger charge is 2.21. The normalized spacial score (nSPS) is 10.3. The lowest BCUT2D eigenvalue weighted by atomic mass is 10.1. The van der Waals surface area contributed by atoms with Crippen molar-refractivity contribution in [3.05, 3.63) is 39.5 Å². The van der Waals surface area contributed by atoms with E-state index < -0.39 is 10.8 Å². The summed E-state index contributed by atoms with van der Waals surface area (Å²) in [6.07, 6.45) is 1.48. The number of benzene rings is 1. The zero-order valence-electron chi connectivity index (χ0n) is 9.31. The van der Waals surface area contributed by atoms with Crippen LogP contribution >= 0.6 is 11.6 Å². The van der Waals surface area contributed by atoms with E-state index in [2.05, 4.69) is 10.3 Å². The monoisotopic (exact) mass is 265 g/mol. The summed E-state index contributed by atoms with van der Waals surface area (Å²) in [6, 6.07) is 4.55. The first-order valence-corrected chi connectivity index (χ1v) is 5.37. The van der Waals surface area contributed by atoms with Crippen molar-refractivity contribution in [2.45, 2.75) is 6.92 Å². The van der Waals surface area contributed by atoms with Crippen LogP contribution in [0.3, 0.4) is 0 Å². The molecular formula is C11H8ClN3O3. The largest absolute Gasteiger partial charge is 0.319 e. The quantitative estimate of drug-likeness (QED) is 0.668. The maximum atomic E-state index is 11.1. The van der Waals surface area contributed by atoms with Gasteiger partial charge in [-0.25, -0.2) is 0 Å². The van der Waals surface area contributed by atoms with Crippen molar-refractivity contribution in [2.24, 2.45) is 0 Å². The molecular weight excluding hydrogens is 258 g/mol. The van der Waals surface area contributed by atoms with Crippen molar-refractivity contribution < 1.29 is 9.72 Å². The van der Waals surface area contributed by atoms with Gasteiger partial charge in [0.25, 0.3) is 5.69 Å². The van der Waals surface area contributed by atoms with E-state index >= 15 is 0 Å². The molecule has 1 aromatic carbocycles. The van der Waals surface area contributed by atoms with Crippen LogP contribution in [0.25, 0.3) is 10.9 Å². The Bertz CT molecular complexity index is 657. The number of fused-ring (bicyclic) bond motifs is 1. The number of carbonyl (C=O) groups excluding carboxylic acids is 1. The highest BCUT2D eigenvalue weighted by Crippen LogP contribution is 2.36. The molecule has 2 rings (SSSR count). The molecule has 92 valence electrons. The average Bonchev–Trinajstić information content (AvgIpc) is 2.32. The minimum Gasteiger partial charge on any atom is -0.319 e. The fraction of sp³-hybridized carbons (Fsp3) is 0.0909. The number of nitrogens with zero attached hydrogens (tertiary/aromatic N) is 2. The van der Waals surface area contributed by atoms with E-state index in [4.69, 9.17) is 11.6 Å². The molecule has 1 aromatic heterocycles. The first-order chi connectivity index (χ1) is 8.50. The number of nitro groups is 1. The predicted molar refractivity (Wildman–Crippen MR) is 67.7 cm³/mol. The van der Waals surface area contributed by atoms with Crippen molar-refractivity contribution in [1.29, 1.82) is 0 Å². The van der Waals surface area contributed by atoms with E-state index in [0.29, 0.717) is 10.9 Å². The van der Waals surface area contributed by atoms with E-state index in [0.717, 1.165) is 0 Å². The molecule has 0 aliphatic rings. The smallest absolute Gasteiger partial charge is 0.296 e. The number of hydrogen-bond donors (Lipinski definition) is 1. The zero-order chi connectivity index (χ0) is 13.3. The van der Waals surface area contributed by atoms with Crippen LogP contribution in [0.5, 0.6) is 0 Å².